The Morgan fingerprint density at radius 1 is 1.04 bits per heavy atom. The molecule has 2 N–H and O–H groups in total. The lowest BCUT2D eigenvalue weighted by Gasteiger charge is -2.06. The standard InChI is InChI=1S/C19H17FN4O2S2/c1-11-7-12(2)9-15(8-11)21-16(25)10-27-19-24-23-18(28-19)22-17(26)13-3-5-14(20)6-4-13/h3-9H,10H2,1-2H3,(H,21,25)(H,22,23,26). The van der Waals surface area contributed by atoms with Gasteiger partial charge in [0.1, 0.15) is 5.82 Å². The van der Waals surface area contributed by atoms with Crippen LogP contribution in [0.4, 0.5) is 15.2 Å². The van der Waals surface area contributed by atoms with E-state index in [2.05, 4.69) is 20.8 Å². The maximum atomic E-state index is 12.9. The van der Waals surface area contributed by atoms with Gasteiger partial charge in [-0.2, -0.15) is 0 Å². The smallest absolute Gasteiger partial charge is 0.257 e. The van der Waals surface area contributed by atoms with Crippen LogP contribution in [0, 0.1) is 19.7 Å². The second-order valence-electron chi connectivity index (χ2n) is 6.05. The number of carbonyl (C=O) groups excluding carboxylic acids is 2. The van der Waals surface area contributed by atoms with Gasteiger partial charge in [0.05, 0.1) is 5.75 Å². The summed E-state index contributed by atoms with van der Waals surface area (Å²) in [6.07, 6.45) is 0. The fraction of sp³-hybridized carbons (Fsp3) is 0.158. The molecule has 0 spiro atoms. The summed E-state index contributed by atoms with van der Waals surface area (Å²) in [6.45, 7) is 3.95. The van der Waals surface area contributed by atoms with Crippen LogP contribution in [-0.2, 0) is 4.79 Å². The molecule has 3 aromatic rings. The molecule has 0 saturated carbocycles. The Bertz CT molecular complexity index is 985. The van der Waals surface area contributed by atoms with Crippen molar-refractivity contribution in [3.05, 3.63) is 65.0 Å². The second-order valence-corrected chi connectivity index (χ2v) is 8.25. The van der Waals surface area contributed by atoms with E-state index in [1.807, 2.05) is 32.0 Å². The van der Waals surface area contributed by atoms with E-state index in [0.717, 1.165) is 16.8 Å². The molecule has 0 radical (unpaired) electrons. The van der Waals surface area contributed by atoms with Gasteiger partial charge in [-0.15, -0.1) is 10.2 Å². The molecule has 2 amide bonds. The largest absolute Gasteiger partial charge is 0.325 e. The van der Waals surface area contributed by atoms with Gasteiger partial charge in [-0.1, -0.05) is 29.2 Å². The molecule has 0 fully saturated rings. The molecule has 0 saturated heterocycles. The number of amides is 2. The molecule has 1 aromatic heterocycles. The SMILES string of the molecule is Cc1cc(C)cc(NC(=O)CSc2nnc(NC(=O)c3ccc(F)cc3)s2)c1. The first-order valence-electron chi connectivity index (χ1n) is 8.30. The molecule has 2 aromatic carbocycles. The fourth-order valence-corrected chi connectivity index (χ4v) is 4.01. The van der Waals surface area contributed by atoms with Crippen molar-refractivity contribution in [2.45, 2.75) is 18.2 Å². The number of halogens is 1. The summed E-state index contributed by atoms with van der Waals surface area (Å²) < 4.78 is 13.5. The average molecular weight is 417 g/mol. The number of rotatable bonds is 6. The van der Waals surface area contributed by atoms with Crippen LogP contribution in [-0.4, -0.2) is 27.8 Å². The van der Waals surface area contributed by atoms with Crippen LogP contribution in [0.3, 0.4) is 0 Å². The van der Waals surface area contributed by atoms with Crippen molar-refractivity contribution in [3.63, 3.8) is 0 Å². The number of hydrogen-bond acceptors (Lipinski definition) is 6. The lowest BCUT2D eigenvalue weighted by atomic mass is 10.1. The van der Waals surface area contributed by atoms with Crippen LogP contribution >= 0.6 is 23.1 Å². The molecular formula is C19H17FN4O2S2. The topological polar surface area (TPSA) is 84.0 Å². The van der Waals surface area contributed by atoms with Gasteiger partial charge in [0.15, 0.2) is 4.34 Å². The van der Waals surface area contributed by atoms with Crippen molar-refractivity contribution < 1.29 is 14.0 Å². The zero-order valence-corrected chi connectivity index (χ0v) is 16.8. The highest BCUT2D eigenvalue weighted by Gasteiger charge is 2.12. The van der Waals surface area contributed by atoms with E-state index < -0.39 is 11.7 Å². The molecule has 1 heterocycles. The Labute approximate surface area is 169 Å². The van der Waals surface area contributed by atoms with E-state index in [1.165, 1.54) is 47.4 Å². The number of benzene rings is 2. The first kappa shape index (κ1) is 20.0. The molecule has 144 valence electrons. The van der Waals surface area contributed by atoms with Crippen molar-refractivity contribution in [2.75, 3.05) is 16.4 Å². The number of aryl methyl sites for hydroxylation is 2. The van der Waals surface area contributed by atoms with Crippen LogP contribution < -0.4 is 10.6 Å². The summed E-state index contributed by atoms with van der Waals surface area (Å²) in [6, 6.07) is 11.0. The maximum absolute atomic E-state index is 12.9. The zero-order chi connectivity index (χ0) is 20.1. The van der Waals surface area contributed by atoms with Crippen LogP contribution in [0.1, 0.15) is 21.5 Å². The van der Waals surface area contributed by atoms with Crippen molar-refractivity contribution in [1.29, 1.82) is 0 Å². The molecule has 6 nitrogen and oxygen atoms in total. The molecule has 0 bridgehead atoms. The summed E-state index contributed by atoms with van der Waals surface area (Å²) >= 11 is 2.40. The number of nitrogens with one attached hydrogen (secondary N) is 2. The summed E-state index contributed by atoms with van der Waals surface area (Å²) in [7, 11) is 0. The highest BCUT2D eigenvalue weighted by Crippen LogP contribution is 2.26. The van der Waals surface area contributed by atoms with Gasteiger partial charge in [-0.25, -0.2) is 4.39 Å². The van der Waals surface area contributed by atoms with E-state index >= 15 is 0 Å². The Morgan fingerprint density at radius 2 is 1.71 bits per heavy atom. The minimum Gasteiger partial charge on any atom is -0.325 e. The number of nitrogens with zero attached hydrogens (tertiary/aromatic N) is 2. The number of carbonyl (C=O) groups is 2. The van der Waals surface area contributed by atoms with E-state index in [0.29, 0.717) is 15.0 Å². The van der Waals surface area contributed by atoms with Gasteiger partial charge >= 0.3 is 0 Å². The Morgan fingerprint density at radius 3 is 2.39 bits per heavy atom. The summed E-state index contributed by atoms with van der Waals surface area (Å²) in [5.74, 6) is -0.791. The van der Waals surface area contributed by atoms with Crippen LogP contribution in [0.25, 0.3) is 0 Å². The van der Waals surface area contributed by atoms with Crippen LogP contribution in [0.5, 0.6) is 0 Å². The number of aromatic nitrogens is 2. The van der Waals surface area contributed by atoms with E-state index in [9.17, 15) is 14.0 Å². The molecule has 28 heavy (non-hydrogen) atoms. The van der Waals surface area contributed by atoms with Crippen LogP contribution in [0.15, 0.2) is 46.8 Å². The van der Waals surface area contributed by atoms with E-state index in [-0.39, 0.29) is 11.7 Å². The zero-order valence-electron chi connectivity index (χ0n) is 15.2. The molecule has 0 atom stereocenters. The summed E-state index contributed by atoms with van der Waals surface area (Å²) in [5, 5.41) is 13.6. The Hall–Kier alpha value is -2.78. The average Bonchev–Trinajstić information content (AvgIpc) is 3.07. The lowest BCUT2D eigenvalue weighted by Crippen LogP contribution is -2.14. The minimum atomic E-state index is -0.412. The van der Waals surface area contributed by atoms with Gasteiger partial charge in [0, 0.05) is 11.3 Å². The molecular weight excluding hydrogens is 399 g/mol. The van der Waals surface area contributed by atoms with Gasteiger partial charge in [-0.05, 0) is 61.4 Å². The van der Waals surface area contributed by atoms with Crippen LogP contribution in [0.2, 0.25) is 0 Å². The number of hydrogen-bond donors (Lipinski definition) is 2. The lowest BCUT2D eigenvalue weighted by molar-refractivity contribution is -0.113. The van der Waals surface area contributed by atoms with Gasteiger partial charge < -0.3 is 5.32 Å². The van der Waals surface area contributed by atoms with E-state index in [4.69, 9.17) is 0 Å². The molecule has 3 rings (SSSR count). The Kier molecular flexibility index (Phi) is 6.37. The summed E-state index contributed by atoms with van der Waals surface area (Å²) in [4.78, 5) is 24.2. The van der Waals surface area contributed by atoms with Crippen molar-refractivity contribution in [3.8, 4) is 0 Å². The second kappa shape index (κ2) is 8.94. The highest BCUT2D eigenvalue weighted by atomic mass is 32.2. The third-order valence-electron chi connectivity index (χ3n) is 3.57. The van der Waals surface area contributed by atoms with Gasteiger partial charge in [0.25, 0.3) is 5.91 Å². The highest BCUT2D eigenvalue weighted by molar-refractivity contribution is 8.01. The normalized spacial score (nSPS) is 10.5. The first-order chi connectivity index (χ1) is 13.4. The maximum Gasteiger partial charge on any atom is 0.257 e. The molecule has 0 aliphatic rings. The van der Waals surface area contributed by atoms with Crippen molar-refractivity contribution in [2.24, 2.45) is 0 Å². The molecule has 9 heteroatoms. The Balaban J connectivity index is 1.52. The molecule has 0 aliphatic carbocycles. The third kappa shape index (κ3) is 5.61. The minimum absolute atomic E-state index is 0.151. The predicted molar refractivity (Wildman–Crippen MR) is 110 cm³/mol. The predicted octanol–water partition coefficient (Wildman–Crippen LogP) is 4.28. The number of thioether (sulfide) groups is 1. The quantitative estimate of drug-likeness (QED) is 0.463. The summed E-state index contributed by atoms with van der Waals surface area (Å²) in [5.41, 5.74) is 3.23. The fourth-order valence-electron chi connectivity index (χ4n) is 2.46. The molecule has 0 aliphatic heterocycles. The van der Waals surface area contributed by atoms with Gasteiger partial charge in [0.2, 0.25) is 11.0 Å². The monoisotopic (exact) mass is 416 g/mol. The third-order valence-corrected chi connectivity index (χ3v) is 5.54. The van der Waals surface area contributed by atoms with E-state index in [1.54, 1.807) is 0 Å². The molecule has 0 unspecified atom stereocenters. The van der Waals surface area contributed by atoms with Gasteiger partial charge in [-0.3, -0.25) is 14.9 Å². The first-order valence-corrected chi connectivity index (χ1v) is 10.1. The number of anilines is 2. The van der Waals surface area contributed by atoms with Crippen molar-refractivity contribution in [1.82, 2.24) is 10.2 Å². The van der Waals surface area contributed by atoms with Crippen molar-refractivity contribution >= 4 is 45.7 Å².